The third-order valence-electron chi connectivity index (χ3n) is 6.75. The molecular weight excluding hydrogens is 578 g/mol. The lowest BCUT2D eigenvalue weighted by Crippen LogP contribution is -2.31. The molecule has 1 N–H and O–H groups in total. The van der Waals surface area contributed by atoms with Gasteiger partial charge in [-0.05, 0) is 53.4 Å². The summed E-state index contributed by atoms with van der Waals surface area (Å²) >= 11 is 6.25. The van der Waals surface area contributed by atoms with Crippen molar-refractivity contribution < 1.29 is 31.2 Å². The molecule has 0 aliphatic rings. The van der Waals surface area contributed by atoms with Crippen LogP contribution in [0.2, 0.25) is 5.02 Å². The Bertz CT molecular complexity index is 1360. The smallest absolute Gasteiger partial charge is 0.298 e. The van der Waals surface area contributed by atoms with Crippen LogP contribution in [-0.2, 0) is 23.7 Å². The Hall–Kier alpha value is -3.53. The van der Waals surface area contributed by atoms with E-state index in [9.17, 15) is 26.3 Å². The van der Waals surface area contributed by atoms with Crippen LogP contribution in [0.3, 0.4) is 0 Å². The van der Waals surface area contributed by atoms with Crippen LogP contribution in [0.5, 0.6) is 0 Å². The summed E-state index contributed by atoms with van der Waals surface area (Å²) in [5.41, 5.74) is 3.84. The lowest BCUT2D eigenvalue weighted by atomic mass is 9.90. The van der Waals surface area contributed by atoms with E-state index in [0.717, 1.165) is 29.3 Å². The summed E-state index contributed by atoms with van der Waals surface area (Å²) in [5.74, 6) is -0.0665. The van der Waals surface area contributed by atoms with Gasteiger partial charge in [-0.2, -0.15) is 26.3 Å². The Morgan fingerprint density at radius 1 is 0.714 bits per heavy atom. The Balaban J connectivity index is 1.49. The maximum absolute atomic E-state index is 13.5. The molecule has 0 aliphatic heterocycles. The molecule has 0 saturated carbocycles. The topological polar surface area (TPSA) is 24.5 Å². The Labute approximate surface area is 245 Å². The van der Waals surface area contributed by atoms with Gasteiger partial charge in [-0.1, -0.05) is 84.4 Å². The van der Waals surface area contributed by atoms with Crippen molar-refractivity contribution in [1.29, 1.82) is 0 Å². The summed E-state index contributed by atoms with van der Waals surface area (Å²) in [5, 5.41) is -0.328. The van der Waals surface area contributed by atoms with Crippen LogP contribution in [-0.4, -0.2) is 24.6 Å². The van der Waals surface area contributed by atoms with Gasteiger partial charge in [0.25, 0.3) is 0 Å². The van der Waals surface area contributed by atoms with Gasteiger partial charge in [0.2, 0.25) is 0 Å². The molecule has 0 aromatic heterocycles. The monoisotopic (exact) mass is 606 g/mol. The van der Waals surface area contributed by atoms with Crippen molar-refractivity contribution in [2.75, 3.05) is 25.2 Å². The van der Waals surface area contributed by atoms with Gasteiger partial charge in [-0.15, -0.1) is 0 Å². The summed E-state index contributed by atoms with van der Waals surface area (Å²) in [6, 6.07) is 28.1. The minimum absolute atomic E-state index is 0.0665. The van der Waals surface area contributed by atoms with Crippen molar-refractivity contribution in [1.82, 2.24) is 4.90 Å². The fourth-order valence-corrected chi connectivity index (χ4v) is 4.94. The summed E-state index contributed by atoms with van der Waals surface area (Å²) in [6.45, 7) is 1.32. The molecule has 42 heavy (non-hydrogen) atoms. The van der Waals surface area contributed by atoms with Gasteiger partial charge in [0.1, 0.15) is 0 Å². The highest BCUT2D eigenvalue weighted by atomic mass is 35.5. The predicted molar refractivity (Wildman–Crippen MR) is 152 cm³/mol. The molecule has 0 radical (unpaired) electrons. The van der Waals surface area contributed by atoms with Crippen molar-refractivity contribution in [3.63, 3.8) is 0 Å². The number of benzene rings is 4. The quantitative estimate of drug-likeness (QED) is 0.0988. The molecule has 4 aromatic rings. The molecule has 10 heteroatoms. The lowest BCUT2D eigenvalue weighted by molar-refractivity contribution is -0.138. The summed E-state index contributed by atoms with van der Waals surface area (Å²) in [4.78, 5) is 7.51. The predicted octanol–water partition coefficient (Wildman–Crippen LogP) is 9.45. The summed E-state index contributed by atoms with van der Waals surface area (Å²) < 4.78 is 79.0. The first-order valence-corrected chi connectivity index (χ1v) is 13.6. The number of rotatable bonds is 12. The number of anilines is 1. The normalized spacial score (nSPS) is 12.2. The number of hydrogen-bond acceptors (Lipinski definition) is 3. The maximum atomic E-state index is 13.5. The second kappa shape index (κ2) is 14.1. The van der Waals surface area contributed by atoms with Gasteiger partial charge in [-0.25, -0.2) is 0 Å². The third kappa shape index (κ3) is 8.74. The molecule has 0 heterocycles. The third-order valence-corrected chi connectivity index (χ3v) is 7.19. The van der Waals surface area contributed by atoms with Crippen molar-refractivity contribution in [2.24, 2.45) is 0 Å². The Morgan fingerprint density at radius 3 is 1.86 bits per heavy atom. The summed E-state index contributed by atoms with van der Waals surface area (Å²) in [7, 11) is 0. The molecular formula is C32H29ClF6N2O. The van der Waals surface area contributed by atoms with E-state index in [0.29, 0.717) is 30.8 Å². The zero-order valence-electron chi connectivity index (χ0n) is 22.4. The van der Waals surface area contributed by atoms with E-state index in [1.54, 1.807) is 6.07 Å². The highest BCUT2D eigenvalue weighted by molar-refractivity contribution is 6.32. The van der Waals surface area contributed by atoms with Crippen LogP contribution in [0.15, 0.2) is 103 Å². The highest BCUT2D eigenvalue weighted by Crippen LogP contribution is 2.37. The van der Waals surface area contributed by atoms with E-state index in [4.69, 9.17) is 16.4 Å². The number of nitrogens with zero attached hydrogens (tertiary/aromatic N) is 1. The van der Waals surface area contributed by atoms with Crippen LogP contribution in [0, 0.1) is 0 Å². The molecule has 0 unspecified atom stereocenters. The Morgan fingerprint density at radius 2 is 1.31 bits per heavy atom. The second-order valence-electron chi connectivity index (χ2n) is 9.76. The molecule has 0 fully saturated rings. The molecule has 0 aliphatic carbocycles. The first-order chi connectivity index (χ1) is 20.0. The van der Waals surface area contributed by atoms with Gasteiger partial charge < -0.3 is 0 Å². The first kappa shape index (κ1) is 31.4. The minimum Gasteiger partial charge on any atom is -0.298 e. The van der Waals surface area contributed by atoms with Crippen LogP contribution in [0.25, 0.3) is 0 Å². The first-order valence-electron chi connectivity index (χ1n) is 13.2. The molecule has 4 rings (SSSR count). The van der Waals surface area contributed by atoms with E-state index in [-0.39, 0.29) is 24.1 Å². The van der Waals surface area contributed by atoms with Crippen LogP contribution >= 0.6 is 11.6 Å². The summed E-state index contributed by atoms with van der Waals surface area (Å²) in [6.07, 6.45) is -8.52. The molecule has 4 aromatic carbocycles. The lowest BCUT2D eigenvalue weighted by Gasteiger charge is -2.29. The number of halogens is 7. The fraction of sp³-hybridized carbons (Fsp3) is 0.250. The van der Waals surface area contributed by atoms with Crippen LogP contribution in [0.4, 0.5) is 32.0 Å². The fourth-order valence-electron chi connectivity index (χ4n) is 4.65. The molecule has 0 saturated heterocycles. The SMILES string of the molecule is FC(F)(F)c1ccc(NOCCCN(Cc2cccc(C(F)(F)F)c2Cl)CC(c2ccccc2)c2ccccc2)cc1. The standard InChI is InChI=1S/C32H29ClF6N2O/c33-30-25(13-7-14-29(30)32(37,38)39)21-41(19-8-20-42-40-27-17-15-26(16-18-27)31(34,35)36)22-28(23-9-3-1-4-10-23)24-11-5-2-6-12-24/h1-7,9-18,28,40H,8,19-22H2. The van der Waals surface area contributed by atoms with E-state index in [1.165, 1.54) is 18.2 Å². The highest BCUT2D eigenvalue weighted by Gasteiger charge is 2.34. The average molecular weight is 607 g/mol. The number of nitrogens with one attached hydrogen (secondary N) is 1. The maximum Gasteiger partial charge on any atom is 0.417 e. The molecule has 0 spiro atoms. The van der Waals surface area contributed by atoms with E-state index < -0.39 is 23.5 Å². The van der Waals surface area contributed by atoms with Crippen molar-refractivity contribution >= 4 is 17.3 Å². The van der Waals surface area contributed by atoms with Crippen molar-refractivity contribution in [2.45, 2.75) is 31.2 Å². The van der Waals surface area contributed by atoms with Crippen molar-refractivity contribution in [3.05, 3.63) is 136 Å². The zero-order chi connectivity index (χ0) is 30.2. The molecule has 222 valence electrons. The van der Waals surface area contributed by atoms with Crippen molar-refractivity contribution in [3.8, 4) is 0 Å². The van der Waals surface area contributed by atoms with Gasteiger partial charge in [0.15, 0.2) is 0 Å². The molecule has 0 atom stereocenters. The van der Waals surface area contributed by atoms with Crippen LogP contribution < -0.4 is 5.48 Å². The van der Waals surface area contributed by atoms with Crippen LogP contribution in [0.1, 0.15) is 40.2 Å². The van der Waals surface area contributed by atoms with Gasteiger partial charge in [-0.3, -0.25) is 15.2 Å². The van der Waals surface area contributed by atoms with Gasteiger partial charge in [0, 0.05) is 25.6 Å². The van der Waals surface area contributed by atoms with E-state index in [1.807, 2.05) is 65.6 Å². The van der Waals surface area contributed by atoms with Gasteiger partial charge in [0.05, 0.1) is 28.4 Å². The molecule has 3 nitrogen and oxygen atoms in total. The molecule has 0 bridgehead atoms. The largest absolute Gasteiger partial charge is 0.417 e. The zero-order valence-corrected chi connectivity index (χ0v) is 23.2. The Kier molecular flexibility index (Phi) is 10.5. The minimum atomic E-state index is -4.58. The number of hydrogen-bond donors (Lipinski definition) is 1. The average Bonchev–Trinajstić information content (AvgIpc) is 2.96. The van der Waals surface area contributed by atoms with E-state index >= 15 is 0 Å². The number of alkyl halides is 6. The van der Waals surface area contributed by atoms with Gasteiger partial charge >= 0.3 is 12.4 Å². The molecule has 0 amide bonds. The van der Waals surface area contributed by atoms with E-state index in [2.05, 4.69) is 5.48 Å². The second-order valence-corrected chi connectivity index (χ2v) is 10.1.